The Morgan fingerprint density at radius 2 is 1.84 bits per heavy atom. The van der Waals surface area contributed by atoms with Crippen LogP contribution in [0.15, 0.2) is 24.3 Å². The van der Waals surface area contributed by atoms with Crippen LogP contribution in [0.4, 0.5) is 5.69 Å². The van der Waals surface area contributed by atoms with Crippen molar-refractivity contribution in [2.45, 2.75) is 19.0 Å². The monoisotopic (exact) mass is 276 g/mol. The smallest absolute Gasteiger partial charge is 0.185 e. The molecule has 2 heterocycles. The van der Waals surface area contributed by atoms with Gasteiger partial charge in [0.15, 0.2) is 5.11 Å². The van der Waals surface area contributed by atoms with Crippen LogP contribution in [0, 0.1) is 0 Å². The maximum Gasteiger partial charge on any atom is 0.185 e. The summed E-state index contributed by atoms with van der Waals surface area (Å²) < 4.78 is 0. The van der Waals surface area contributed by atoms with Crippen molar-refractivity contribution in [2.24, 2.45) is 0 Å². The number of hydrazine groups is 1. The lowest BCUT2D eigenvalue weighted by Gasteiger charge is -2.35. The molecule has 19 heavy (non-hydrogen) atoms. The molecule has 1 unspecified atom stereocenters. The summed E-state index contributed by atoms with van der Waals surface area (Å²) in [5.74, 6) is 0. The molecule has 0 amide bonds. The summed E-state index contributed by atoms with van der Waals surface area (Å²) in [6.07, 6.45) is 2.67. The van der Waals surface area contributed by atoms with Crippen molar-refractivity contribution in [1.82, 2.24) is 15.3 Å². The quantitative estimate of drug-likeness (QED) is 0.831. The van der Waals surface area contributed by atoms with E-state index in [9.17, 15) is 0 Å². The molecule has 5 heteroatoms. The van der Waals surface area contributed by atoms with Crippen LogP contribution in [0.1, 0.15) is 24.6 Å². The molecule has 2 saturated heterocycles. The Bertz CT molecular complexity index is 471. The van der Waals surface area contributed by atoms with Gasteiger partial charge in [-0.2, -0.15) is 5.01 Å². The molecule has 1 N–H and O–H groups in total. The van der Waals surface area contributed by atoms with Crippen LogP contribution >= 0.6 is 12.2 Å². The molecule has 2 aliphatic heterocycles. The highest BCUT2D eigenvalue weighted by Gasteiger charge is 2.36. The highest BCUT2D eigenvalue weighted by Crippen LogP contribution is 2.30. The third-order valence-corrected chi connectivity index (χ3v) is 4.16. The average Bonchev–Trinajstić information content (AvgIpc) is 2.77. The standard InChI is InChI=1S/C14H20N4S/c1-16(2)12-7-5-11(6-8-12)13-15-14(19)18-10-4-3-9-17(13)18/h5-8,13H,3-4,9-10H2,1-2H3,(H,15,19). The van der Waals surface area contributed by atoms with Gasteiger partial charge in [0.1, 0.15) is 6.17 Å². The van der Waals surface area contributed by atoms with E-state index in [1.54, 1.807) is 0 Å². The maximum absolute atomic E-state index is 5.43. The molecular weight excluding hydrogens is 256 g/mol. The van der Waals surface area contributed by atoms with Gasteiger partial charge in [-0.15, -0.1) is 0 Å². The van der Waals surface area contributed by atoms with E-state index >= 15 is 0 Å². The van der Waals surface area contributed by atoms with Crippen molar-refractivity contribution in [3.8, 4) is 0 Å². The molecule has 1 atom stereocenters. The lowest BCUT2D eigenvalue weighted by Crippen LogP contribution is -2.44. The minimum atomic E-state index is 0.198. The first-order valence-corrected chi connectivity index (χ1v) is 7.19. The van der Waals surface area contributed by atoms with Gasteiger partial charge in [-0.05, 0) is 42.8 Å². The lowest BCUT2D eigenvalue weighted by atomic mass is 10.1. The second-order valence-corrected chi connectivity index (χ2v) is 5.72. The summed E-state index contributed by atoms with van der Waals surface area (Å²) in [6, 6.07) is 8.70. The van der Waals surface area contributed by atoms with Gasteiger partial charge in [-0.25, -0.2) is 0 Å². The molecule has 102 valence electrons. The summed E-state index contributed by atoms with van der Waals surface area (Å²) >= 11 is 5.43. The van der Waals surface area contributed by atoms with Gasteiger partial charge in [-0.3, -0.25) is 5.01 Å². The van der Waals surface area contributed by atoms with Crippen molar-refractivity contribution >= 4 is 23.0 Å². The Balaban J connectivity index is 1.83. The minimum Gasteiger partial charge on any atom is -0.378 e. The summed E-state index contributed by atoms with van der Waals surface area (Å²) in [7, 11) is 4.12. The third kappa shape index (κ3) is 2.28. The molecule has 2 fully saturated rings. The Labute approximate surface area is 119 Å². The zero-order valence-electron chi connectivity index (χ0n) is 11.5. The van der Waals surface area contributed by atoms with Crippen molar-refractivity contribution in [2.75, 3.05) is 32.1 Å². The predicted molar refractivity (Wildman–Crippen MR) is 81.9 cm³/mol. The van der Waals surface area contributed by atoms with E-state index in [1.807, 2.05) is 0 Å². The second kappa shape index (κ2) is 4.98. The summed E-state index contributed by atoms with van der Waals surface area (Å²) in [5.41, 5.74) is 2.50. The number of nitrogens with one attached hydrogen (secondary N) is 1. The van der Waals surface area contributed by atoms with E-state index in [0.29, 0.717) is 0 Å². The van der Waals surface area contributed by atoms with Crippen LogP contribution in [0.2, 0.25) is 0 Å². The van der Waals surface area contributed by atoms with E-state index in [-0.39, 0.29) is 6.17 Å². The lowest BCUT2D eigenvalue weighted by molar-refractivity contribution is 0.00344. The molecular formula is C14H20N4S. The first-order chi connectivity index (χ1) is 9.16. The van der Waals surface area contributed by atoms with Crippen LogP contribution in [-0.4, -0.2) is 42.3 Å². The van der Waals surface area contributed by atoms with Crippen molar-refractivity contribution in [1.29, 1.82) is 0 Å². The summed E-state index contributed by atoms with van der Waals surface area (Å²) in [5, 5.41) is 8.86. The number of hydrogen-bond acceptors (Lipinski definition) is 3. The zero-order valence-corrected chi connectivity index (χ0v) is 12.3. The van der Waals surface area contributed by atoms with E-state index in [1.165, 1.54) is 24.1 Å². The number of fused-ring (bicyclic) bond motifs is 1. The molecule has 1 aromatic rings. The number of benzene rings is 1. The van der Waals surface area contributed by atoms with Crippen LogP contribution in [-0.2, 0) is 0 Å². The predicted octanol–water partition coefficient (Wildman–Crippen LogP) is 1.95. The molecule has 3 rings (SSSR count). The average molecular weight is 276 g/mol. The summed E-state index contributed by atoms with van der Waals surface area (Å²) in [6.45, 7) is 2.12. The number of rotatable bonds is 2. The van der Waals surface area contributed by atoms with Gasteiger partial charge >= 0.3 is 0 Å². The van der Waals surface area contributed by atoms with E-state index in [0.717, 1.165) is 18.2 Å². The Hall–Kier alpha value is -1.33. The summed E-state index contributed by atoms with van der Waals surface area (Å²) in [4.78, 5) is 2.11. The van der Waals surface area contributed by atoms with Crippen LogP contribution in [0.25, 0.3) is 0 Å². The third-order valence-electron chi connectivity index (χ3n) is 3.84. The molecule has 0 aromatic heterocycles. The van der Waals surface area contributed by atoms with Crippen molar-refractivity contribution in [3.63, 3.8) is 0 Å². The Kier molecular flexibility index (Phi) is 3.33. The number of thiocarbonyl (C=S) groups is 1. The van der Waals surface area contributed by atoms with Crippen LogP contribution < -0.4 is 10.2 Å². The second-order valence-electron chi connectivity index (χ2n) is 5.33. The minimum absolute atomic E-state index is 0.198. The van der Waals surface area contributed by atoms with E-state index in [4.69, 9.17) is 12.2 Å². The fourth-order valence-electron chi connectivity index (χ4n) is 2.75. The van der Waals surface area contributed by atoms with Gasteiger partial charge in [-0.1, -0.05) is 12.1 Å². The fraction of sp³-hybridized carbons (Fsp3) is 0.500. The number of nitrogens with zero attached hydrogens (tertiary/aromatic N) is 3. The van der Waals surface area contributed by atoms with Gasteiger partial charge in [0.25, 0.3) is 0 Å². The number of hydrogen-bond donors (Lipinski definition) is 1. The zero-order chi connectivity index (χ0) is 13.4. The maximum atomic E-state index is 5.43. The first kappa shape index (κ1) is 12.7. The molecule has 2 aliphatic rings. The van der Waals surface area contributed by atoms with E-state index in [2.05, 4.69) is 58.6 Å². The molecule has 0 bridgehead atoms. The van der Waals surface area contributed by atoms with Gasteiger partial charge in [0, 0.05) is 32.9 Å². The van der Waals surface area contributed by atoms with Gasteiger partial charge < -0.3 is 10.2 Å². The molecule has 1 aromatic carbocycles. The van der Waals surface area contributed by atoms with Gasteiger partial charge in [0.2, 0.25) is 0 Å². The number of anilines is 1. The largest absolute Gasteiger partial charge is 0.378 e. The molecule has 0 radical (unpaired) electrons. The topological polar surface area (TPSA) is 21.8 Å². The molecule has 0 aliphatic carbocycles. The Morgan fingerprint density at radius 3 is 2.53 bits per heavy atom. The highest BCUT2D eigenvalue weighted by molar-refractivity contribution is 7.80. The van der Waals surface area contributed by atoms with Crippen LogP contribution in [0.5, 0.6) is 0 Å². The fourth-order valence-corrected chi connectivity index (χ4v) is 3.06. The first-order valence-electron chi connectivity index (χ1n) is 6.79. The van der Waals surface area contributed by atoms with Gasteiger partial charge in [0.05, 0.1) is 0 Å². The normalized spacial score (nSPS) is 23.2. The molecule has 0 saturated carbocycles. The Morgan fingerprint density at radius 1 is 1.16 bits per heavy atom. The van der Waals surface area contributed by atoms with Crippen molar-refractivity contribution < 1.29 is 0 Å². The molecule has 0 spiro atoms. The highest BCUT2D eigenvalue weighted by atomic mass is 32.1. The molecule has 4 nitrogen and oxygen atoms in total. The van der Waals surface area contributed by atoms with Crippen molar-refractivity contribution in [3.05, 3.63) is 29.8 Å². The van der Waals surface area contributed by atoms with E-state index < -0.39 is 0 Å². The SMILES string of the molecule is CN(C)c1ccc(C2NC(=S)N3CCCCN23)cc1. The van der Waals surface area contributed by atoms with Crippen LogP contribution in [0.3, 0.4) is 0 Å².